The minimum atomic E-state index is -1.33. The van der Waals surface area contributed by atoms with E-state index in [-0.39, 0.29) is 12.3 Å². The molecule has 0 saturated heterocycles. The van der Waals surface area contributed by atoms with E-state index in [4.69, 9.17) is 4.74 Å². The maximum atomic E-state index is 13.6. The Balaban J connectivity index is 1.92. The molecule has 3 aromatic rings. The van der Waals surface area contributed by atoms with E-state index < -0.39 is 42.2 Å². The highest BCUT2D eigenvalue weighted by atomic mass is 16.6. The van der Waals surface area contributed by atoms with Crippen LogP contribution in [0, 0.1) is 0 Å². The van der Waals surface area contributed by atoms with Gasteiger partial charge in [-0.3, -0.25) is 9.59 Å². The van der Waals surface area contributed by atoms with Crippen LogP contribution in [0.25, 0.3) is 10.8 Å². The summed E-state index contributed by atoms with van der Waals surface area (Å²) in [6.07, 6.45) is -0.863. The number of aliphatic hydroxyl groups excluding tert-OH is 1. The Morgan fingerprint density at radius 2 is 1.62 bits per heavy atom. The average Bonchev–Trinajstić information content (AvgIpc) is 2.85. The maximum absolute atomic E-state index is 13.6. The number of ether oxygens (including phenoxy) is 1. The third-order valence-corrected chi connectivity index (χ3v) is 5.58. The molecule has 0 heterocycles. The lowest BCUT2D eigenvalue weighted by Crippen LogP contribution is -2.53. The summed E-state index contributed by atoms with van der Waals surface area (Å²) in [5.41, 5.74) is 0.188. The molecule has 3 rings (SSSR count). The molecule has 0 aromatic heterocycles. The summed E-state index contributed by atoms with van der Waals surface area (Å²) in [6, 6.07) is 16.7. The molecule has 9 heteroatoms. The summed E-state index contributed by atoms with van der Waals surface area (Å²) in [5, 5.41) is 26.9. The number of phenolic OH excluding ortho intramolecular Hbond substituents is 1. The highest BCUT2D eigenvalue weighted by Crippen LogP contribution is 2.27. The van der Waals surface area contributed by atoms with E-state index in [0.29, 0.717) is 11.3 Å². The largest absolute Gasteiger partial charge is 0.508 e. The van der Waals surface area contributed by atoms with E-state index in [2.05, 4.69) is 10.6 Å². The normalized spacial score (nSPS) is 12.9. The van der Waals surface area contributed by atoms with E-state index in [1.54, 1.807) is 45.9 Å². The molecule has 9 nitrogen and oxygen atoms in total. The molecule has 0 spiro atoms. The van der Waals surface area contributed by atoms with Crippen molar-refractivity contribution in [3.05, 3.63) is 72.3 Å². The number of carbonyl (C=O) groups excluding carboxylic acids is 3. The van der Waals surface area contributed by atoms with Gasteiger partial charge in [-0.1, -0.05) is 42.5 Å². The number of aromatic hydroxyl groups is 1. The first-order valence-corrected chi connectivity index (χ1v) is 12.0. The second-order valence-electron chi connectivity index (χ2n) is 9.55. The number of alkyl carbamates (subject to hydrolysis) is 1. The van der Waals surface area contributed by atoms with Crippen molar-refractivity contribution in [3.63, 3.8) is 0 Å². The smallest absolute Gasteiger partial charge is 0.408 e. The Morgan fingerprint density at radius 1 is 0.973 bits per heavy atom. The fraction of sp³-hybridized carbons (Fsp3) is 0.321. The van der Waals surface area contributed by atoms with Gasteiger partial charge in [0, 0.05) is 12.2 Å². The molecule has 37 heavy (non-hydrogen) atoms. The van der Waals surface area contributed by atoms with Crippen molar-refractivity contribution in [1.29, 1.82) is 0 Å². The first kappa shape index (κ1) is 27.5. The Bertz CT molecular complexity index is 1250. The molecule has 2 unspecified atom stereocenters. The van der Waals surface area contributed by atoms with Gasteiger partial charge in [0.15, 0.2) is 0 Å². The lowest BCUT2D eigenvalue weighted by atomic mass is 10.0. The zero-order chi connectivity index (χ0) is 27.2. The molecule has 196 valence electrons. The Kier molecular flexibility index (Phi) is 8.73. The average molecular weight is 508 g/mol. The molecule has 2 atom stereocenters. The molecule has 0 bridgehead atoms. The molecular weight excluding hydrogens is 474 g/mol. The number of carbonyl (C=O) groups is 3. The number of nitrogens with one attached hydrogen (secondary N) is 2. The van der Waals surface area contributed by atoms with Gasteiger partial charge in [0.25, 0.3) is 5.91 Å². The Hall–Kier alpha value is -4.11. The lowest BCUT2D eigenvalue weighted by molar-refractivity contribution is -0.141. The van der Waals surface area contributed by atoms with Gasteiger partial charge in [-0.05, 0) is 68.3 Å². The second-order valence-corrected chi connectivity index (χ2v) is 9.55. The van der Waals surface area contributed by atoms with Gasteiger partial charge in [-0.2, -0.15) is 0 Å². The van der Waals surface area contributed by atoms with E-state index >= 15 is 0 Å². The van der Waals surface area contributed by atoms with Gasteiger partial charge in [-0.25, -0.2) is 4.79 Å². The molecule has 4 N–H and O–H groups in total. The highest BCUT2D eigenvalue weighted by Gasteiger charge is 2.35. The number of benzene rings is 3. The van der Waals surface area contributed by atoms with Crippen molar-refractivity contribution in [2.24, 2.45) is 0 Å². The maximum Gasteiger partial charge on any atom is 0.408 e. The number of nitrogens with zero attached hydrogens (tertiary/aromatic N) is 1. The number of rotatable bonds is 8. The monoisotopic (exact) mass is 507 g/mol. The van der Waals surface area contributed by atoms with Gasteiger partial charge in [0.2, 0.25) is 5.91 Å². The predicted octanol–water partition coefficient (Wildman–Crippen LogP) is 3.96. The SMILES string of the molecule is CCN(C(=O)C(CO)NC(=O)OC(C)(C)C)C(C(=O)Nc1ccc2ccccc2c1)c1ccc(O)cc1. The number of anilines is 1. The lowest BCUT2D eigenvalue weighted by Gasteiger charge is -2.33. The van der Waals surface area contributed by atoms with E-state index in [1.165, 1.54) is 17.0 Å². The third kappa shape index (κ3) is 7.20. The number of hydrogen-bond acceptors (Lipinski definition) is 6. The fourth-order valence-electron chi connectivity index (χ4n) is 3.91. The zero-order valence-electron chi connectivity index (χ0n) is 21.4. The van der Waals surface area contributed by atoms with Crippen LogP contribution in [0.5, 0.6) is 5.75 Å². The summed E-state index contributed by atoms with van der Waals surface area (Å²) < 4.78 is 5.21. The minimum absolute atomic E-state index is 0.00615. The molecule has 0 fully saturated rings. The predicted molar refractivity (Wildman–Crippen MR) is 141 cm³/mol. The summed E-state index contributed by atoms with van der Waals surface area (Å²) in [7, 11) is 0. The number of hydrogen-bond donors (Lipinski definition) is 4. The van der Waals surface area contributed by atoms with Crippen molar-refractivity contribution >= 4 is 34.4 Å². The zero-order valence-corrected chi connectivity index (χ0v) is 21.4. The van der Waals surface area contributed by atoms with E-state index in [0.717, 1.165) is 10.8 Å². The second kappa shape index (κ2) is 11.7. The van der Waals surface area contributed by atoms with Crippen molar-refractivity contribution < 1.29 is 29.3 Å². The van der Waals surface area contributed by atoms with Crippen molar-refractivity contribution in [2.75, 3.05) is 18.5 Å². The van der Waals surface area contributed by atoms with Crippen molar-refractivity contribution in [2.45, 2.75) is 45.4 Å². The third-order valence-electron chi connectivity index (χ3n) is 5.58. The van der Waals surface area contributed by atoms with Crippen LogP contribution in [-0.4, -0.2) is 57.8 Å². The van der Waals surface area contributed by atoms with Crippen LogP contribution in [0.4, 0.5) is 10.5 Å². The number of likely N-dealkylation sites (N-methyl/N-ethyl adjacent to an activating group) is 1. The number of aliphatic hydroxyl groups is 1. The highest BCUT2D eigenvalue weighted by molar-refractivity contribution is 6.00. The van der Waals surface area contributed by atoms with E-state index in [9.17, 15) is 24.6 Å². The molecule has 0 radical (unpaired) electrons. The van der Waals surface area contributed by atoms with Crippen molar-refractivity contribution in [1.82, 2.24) is 10.2 Å². The number of amides is 3. The minimum Gasteiger partial charge on any atom is -0.508 e. The van der Waals surface area contributed by atoms with Crippen LogP contribution >= 0.6 is 0 Å². The number of fused-ring (bicyclic) bond motifs is 1. The molecule has 3 aromatic carbocycles. The van der Waals surface area contributed by atoms with Gasteiger partial charge in [0.1, 0.15) is 23.4 Å². The first-order valence-electron chi connectivity index (χ1n) is 12.0. The summed E-state index contributed by atoms with van der Waals surface area (Å²) in [5.74, 6) is -1.15. The molecule has 0 aliphatic heterocycles. The van der Waals surface area contributed by atoms with Crippen LogP contribution in [0.3, 0.4) is 0 Å². The van der Waals surface area contributed by atoms with Gasteiger partial charge >= 0.3 is 6.09 Å². The van der Waals surface area contributed by atoms with Crippen LogP contribution < -0.4 is 10.6 Å². The molecule has 0 aliphatic carbocycles. The molecular formula is C28H33N3O6. The summed E-state index contributed by atoms with van der Waals surface area (Å²) in [6.45, 7) is 6.14. The topological polar surface area (TPSA) is 128 Å². The van der Waals surface area contributed by atoms with Crippen LogP contribution in [0.15, 0.2) is 66.7 Å². The Morgan fingerprint density at radius 3 is 2.22 bits per heavy atom. The first-order chi connectivity index (χ1) is 17.5. The molecule has 0 saturated carbocycles. The van der Waals surface area contributed by atoms with Gasteiger partial charge in [-0.15, -0.1) is 0 Å². The van der Waals surface area contributed by atoms with Crippen LogP contribution in [0.2, 0.25) is 0 Å². The van der Waals surface area contributed by atoms with Gasteiger partial charge < -0.3 is 30.5 Å². The summed E-state index contributed by atoms with van der Waals surface area (Å²) >= 11 is 0. The molecule has 0 aliphatic rings. The summed E-state index contributed by atoms with van der Waals surface area (Å²) in [4.78, 5) is 40.6. The van der Waals surface area contributed by atoms with Gasteiger partial charge in [0.05, 0.1) is 6.61 Å². The quantitative estimate of drug-likeness (QED) is 0.365. The standard InChI is InChI=1S/C28H33N3O6/c1-5-31(26(35)23(17-32)30-27(36)37-28(2,3)4)24(19-11-14-22(33)15-12-19)25(34)29-21-13-10-18-8-6-7-9-20(18)16-21/h6-16,23-24,32-33H,5,17H2,1-4H3,(H,29,34)(H,30,36). The fourth-order valence-corrected chi connectivity index (χ4v) is 3.91. The Labute approximate surface area is 216 Å². The number of phenols is 1. The molecule has 3 amide bonds. The van der Waals surface area contributed by atoms with Crippen LogP contribution in [-0.2, 0) is 14.3 Å². The van der Waals surface area contributed by atoms with E-state index in [1.807, 2.05) is 36.4 Å². The van der Waals surface area contributed by atoms with Crippen molar-refractivity contribution in [3.8, 4) is 5.75 Å². The van der Waals surface area contributed by atoms with Crippen LogP contribution in [0.1, 0.15) is 39.3 Å².